The molecule has 4 heteroatoms. The summed E-state index contributed by atoms with van der Waals surface area (Å²) in [6, 6.07) is 4.38. The number of nitrogens with one attached hydrogen (secondary N) is 2. The van der Waals surface area contributed by atoms with Gasteiger partial charge in [-0.1, -0.05) is 43.4 Å². The fourth-order valence-corrected chi connectivity index (χ4v) is 3.00. The first kappa shape index (κ1) is 21.1. The largest absolute Gasteiger partial charge is 0.329 e. The van der Waals surface area contributed by atoms with Crippen LogP contribution in [0.1, 0.15) is 46.1 Å². The highest BCUT2D eigenvalue weighted by molar-refractivity contribution is 5.34. The molecule has 138 valence electrons. The number of halogens is 2. The van der Waals surface area contributed by atoms with Gasteiger partial charge in [0.1, 0.15) is 0 Å². The molecule has 0 aliphatic carbocycles. The molecule has 1 aromatic rings. The lowest BCUT2D eigenvalue weighted by Crippen LogP contribution is -2.30. The molecule has 0 spiro atoms. The molecule has 1 aromatic carbocycles. The van der Waals surface area contributed by atoms with Gasteiger partial charge < -0.3 is 5.43 Å². The standard InChI is InChI=1S/C21H30F2N2/c1-7-24-25-13-9-12-21(6,17(5)16(4)15(2)3)14-18-10-8-11-19(22)20(18)23/h7-8,10-11,24-25H,1-2,9,12-14H2,3-6H3/b17-16+. The summed E-state index contributed by atoms with van der Waals surface area (Å²) in [4.78, 5) is 0. The van der Waals surface area contributed by atoms with E-state index in [1.807, 2.05) is 13.8 Å². The molecule has 2 N–H and O–H groups in total. The summed E-state index contributed by atoms with van der Waals surface area (Å²) in [7, 11) is 0. The number of hydrogen-bond donors (Lipinski definition) is 2. The van der Waals surface area contributed by atoms with Gasteiger partial charge in [0.15, 0.2) is 11.6 Å². The van der Waals surface area contributed by atoms with Gasteiger partial charge in [0.05, 0.1) is 0 Å². The Labute approximate surface area is 150 Å². The molecule has 0 aliphatic rings. The van der Waals surface area contributed by atoms with Crippen LogP contribution >= 0.6 is 0 Å². The molecule has 0 bridgehead atoms. The van der Waals surface area contributed by atoms with Crippen LogP contribution in [0, 0.1) is 17.0 Å². The molecule has 0 aromatic heterocycles. The van der Waals surface area contributed by atoms with E-state index in [0.717, 1.165) is 36.6 Å². The summed E-state index contributed by atoms with van der Waals surface area (Å²) < 4.78 is 27.8. The highest BCUT2D eigenvalue weighted by Gasteiger charge is 2.29. The summed E-state index contributed by atoms with van der Waals surface area (Å²) in [6.45, 7) is 16.5. The zero-order valence-electron chi connectivity index (χ0n) is 15.8. The minimum Gasteiger partial charge on any atom is -0.329 e. The topological polar surface area (TPSA) is 24.1 Å². The van der Waals surface area contributed by atoms with Gasteiger partial charge >= 0.3 is 0 Å². The van der Waals surface area contributed by atoms with Crippen molar-refractivity contribution in [1.82, 2.24) is 10.9 Å². The third kappa shape index (κ3) is 5.82. The van der Waals surface area contributed by atoms with Crippen molar-refractivity contribution in [3.05, 3.63) is 71.5 Å². The van der Waals surface area contributed by atoms with Crippen LogP contribution in [0.15, 0.2) is 54.3 Å². The molecular weight excluding hydrogens is 318 g/mol. The molecule has 1 atom stereocenters. The zero-order valence-corrected chi connectivity index (χ0v) is 15.8. The van der Waals surface area contributed by atoms with Crippen LogP contribution in [-0.2, 0) is 6.42 Å². The predicted octanol–water partition coefficient (Wildman–Crippen LogP) is 5.44. The summed E-state index contributed by atoms with van der Waals surface area (Å²) in [6.07, 6.45) is 3.75. The number of rotatable bonds is 10. The average molecular weight is 348 g/mol. The Morgan fingerprint density at radius 1 is 1.24 bits per heavy atom. The molecule has 0 amide bonds. The quantitative estimate of drug-likeness (QED) is 0.334. The van der Waals surface area contributed by atoms with Crippen molar-refractivity contribution in [3.8, 4) is 0 Å². The van der Waals surface area contributed by atoms with Gasteiger partial charge in [0.25, 0.3) is 0 Å². The van der Waals surface area contributed by atoms with E-state index in [-0.39, 0.29) is 5.41 Å². The lowest BCUT2D eigenvalue weighted by Gasteiger charge is -2.33. The number of hydrazine groups is 1. The highest BCUT2D eigenvalue weighted by atomic mass is 19.2. The van der Waals surface area contributed by atoms with Crippen molar-refractivity contribution in [2.45, 2.75) is 47.0 Å². The second-order valence-corrected chi connectivity index (χ2v) is 6.86. The van der Waals surface area contributed by atoms with E-state index in [9.17, 15) is 8.78 Å². The normalized spacial score (nSPS) is 14.5. The van der Waals surface area contributed by atoms with Crippen LogP contribution in [0.2, 0.25) is 0 Å². The van der Waals surface area contributed by atoms with Gasteiger partial charge in [-0.05, 0) is 62.7 Å². The summed E-state index contributed by atoms with van der Waals surface area (Å²) >= 11 is 0. The summed E-state index contributed by atoms with van der Waals surface area (Å²) in [5.41, 5.74) is 9.31. The number of benzene rings is 1. The van der Waals surface area contributed by atoms with Crippen molar-refractivity contribution < 1.29 is 8.78 Å². The first-order valence-corrected chi connectivity index (χ1v) is 8.59. The van der Waals surface area contributed by atoms with Crippen LogP contribution in [0.5, 0.6) is 0 Å². The maximum absolute atomic E-state index is 14.2. The molecule has 0 saturated carbocycles. The lowest BCUT2D eigenvalue weighted by atomic mass is 9.72. The van der Waals surface area contributed by atoms with Crippen molar-refractivity contribution in [2.24, 2.45) is 5.41 Å². The second kappa shape index (κ2) is 9.52. The summed E-state index contributed by atoms with van der Waals surface area (Å²) in [5, 5.41) is 0. The van der Waals surface area contributed by atoms with Crippen molar-refractivity contribution >= 4 is 0 Å². The second-order valence-electron chi connectivity index (χ2n) is 6.86. The molecule has 0 aliphatic heterocycles. The van der Waals surface area contributed by atoms with Gasteiger partial charge in [-0.2, -0.15) is 0 Å². The first-order valence-electron chi connectivity index (χ1n) is 8.59. The van der Waals surface area contributed by atoms with E-state index in [4.69, 9.17) is 0 Å². The van der Waals surface area contributed by atoms with E-state index in [1.165, 1.54) is 5.57 Å². The summed E-state index contributed by atoms with van der Waals surface area (Å²) in [5.74, 6) is -1.55. The minimum atomic E-state index is -0.796. The van der Waals surface area contributed by atoms with E-state index in [1.54, 1.807) is 18.3 Å². The number of hydrogen-bond acceptors (Lipinski definition) is 2. The molecule has 0 saturated heterocycles. The molecule has 1 rings (SSSR count). The molecule has 1 unspecified atom stereocenters. The monoisotopic (exact) mass is 348 g/mol. The predicted molar refractivity (Wildman–Crippen MR) is 102 cm³/mol. The third-order valence-corrected chi connectivity index (χ3v) is 4.95. The molecule has 0 radical (unpaired) electrons. The zero-order chi connectivity index (χ0) is 19.0. The molecular formula is C21H30F2N2. The van der Waals surface area contributed by atoms with Gasteiger partial charge in [0, 0.05) is 12.7 Å². The van der Waals surface area contributed by atoms with Crippen molar-refractivity contribution in [2.75, 3.05) is 6.54 Å². The molecule has 0 heterocycles. The van der Waals surface area contributed by atoms with Crippen molar-refractivity contribution in [1.29, 1.82) is 0 Å². The Morgan fingerprint density at radius 2 is 1.92 bits per heavy atom. The van der Waals surface area contributed by atoms with E-state index < -0.39 is 11.6 Å². The highest BCUT2D eigenvalue weighted by Crippen LogP contribution is 2.39. The first-order chi connectivity index (χ1) is 11.7. The van der Waals surface area contributed by atoms with Crippen LogP contribution in [0.25, 0.3) is 0 Å². The SMILES string of the molecule is C=CNNCCCC(C)(Cc1cccc(F)c1F)/C(C)=C(\C)C(=C)C. The van der Waals surface area contributed by atoms with Gasteiger partial charge in [-0.3, -0.25) is 0 Å². The van der Waals surface area contributed by atoms with Crippen molar-refractivity contribution in [3.63, 3.8) is 0 Å². The Morgan fingerprint density at radius 3 is 2.52 bits per heavy atom. The van der Waals surface area contributed by atoms with Crippen LogP contribution in [-0.4, -0.2) is 6.54 Å². The Hall–Kier alpha value is -1.94. The van der Waals surface area contributed by atoms with Crippen LogP contribution < -0.4 is 10.9 Å². The lowest BCUT2D eigenvalue weighted by molar-refractivity contribution is 0.335. The van der Waals surface area contributed by atoms with E-state index in [2.05, 4.69) is 37.9 Å². The van der Waals surface area contributed by atoms with Crippen LogP contribution in [0.4, 0.5) is 8.78 Å². The van der Waals surface area contributed by atoms with E-state index >= 15 is 0 Å². The third-order valence-electron chi connectivity index (χ3n) is 4.95. The molecule has 25 heavy (non-hydrogen) atoms. The Kier molecular flexibility index (Phi) is 8.04. The number of allylic oxidation sites excluding steroid dienone is 3. The minimum absolute atomic E-state index is 0.284. The van der Waals surface area contributed by atoms with Crippen LogP contribution in [0.3, 0.4) is 0 Å². The van der Waals surface area contributed by atoms with Gasteiger partial charge in [-0.15, -0.1) is 0 Å². The van der Waals surface area contributed by atoms with E-state index in [0.29, 0.717) is 12.0 Å². The molecule has 0 fully saturated rings. The van der Waals surface area contributed by atoms with Gasteiger partial charge in [-0.25, -0.2) is 14.2 Å². The smallest absolute Gasteiger partial charge is 0.162 e. The Balaban J connectivity index is 3.09. The fraction of sp³-hybridized carbons (Fsp3) is 0.429. The average Bonchev–Trinajstić information content (AvgIpc) is 2.57. The maximum atomic E-state index is 14.2. The Bertz CT molecular complexity index is 649. The van der Waals surface area contributed by atoms with Gasteiger partial charge in [0.2, 0.25) is 0 Å². The maximum Gasteiger partial charge on any atom is 0.162 e. The molecule has 2 nitrogen and oxygen atoms in total. The fourth-order valence-electron chi connectivity index (χ4n) is 3.00.